The molecular weight excluding hydrogens is 338 g/mol. The van der Waals surface area contributed by atoms with Gasteiger partial charge in [-0.25, -0.2) is 13.4 Å². The summed E-state index contributed by atoms with van der Waals surface area (Å²) in [6, 6.07) is 0. The van der Waals surface area contributed by atoms with E-state index in [-0.39, 0.29) is 0 Å². The molecule has 1 saturated heterocycles. The van der Waals surface area contributed by atoms with Gasteiger partial charge in [-0.2, -0.15) is 11.8 Å². The van der Waals surface area contributed by atoms with Crippen molar-refractivity contribution in [3.63, 3.8) is 0 Å². The van der Waals surface area contributed by atoms with Gasteiger partial charge in [-0.1, -0.05) is 0 Å². The Hall–Kier alpha value is -0.440. The van der Waals surface area contributed by atoms with Crippen LogP contribution in [0.2, 0.25) is 0 Å². The topological polar surface area (TPSA) is 54.7 Å². The second-order valence-corrected chi connectivity index (χ2v) is 9.12. The minimum atomic E-state index is -3.15. The average Bonchev–Trinajstić information content (AvgIpc) is 2.97. The average molecular weight is 352 g/mol. The lowest BCUT2D eigenvalue weighted by atomic mass is 10.4. The van der Waals surface area contributed by atoms with Crippen LogP contribution in [0.25, 0.3) is 4.96 Å². The van der Waals surface area contributed by atoms with E-state index in [0.29, 0.717) is 24.0 Å². The molecule has 110 valence electrons. The molecule has 0 spiro atoms. The van der Waals surface area contributed by atoms with Crippen molar-refractivity contribution >= 4 is 55.3 Å². The fraction of sp³-hybridized carbons (Fsp3) is 0.545. The van der Waals surface area contributed by atoms with Gasteiger partial charge in [0.05, 0.1) is 11.6 Å². The Labute approximate surface area is 130 Å². The lowest BCUT2D eigenvalue weighted by molar-refractivity contribution is 0.583. The number of sulfone groups is 1. The van der Waals surface area contributed by atoms with Crippen LogP contribution in [-0.2, 0) is 15.7 Å². The fourth-order valence-corrected chi connectivity index (χ4v) is 6.15. The highest BCUT2D eigenvalue weighted by Gasteiger charge is 2.34. The molecule has 0 bridgehead atoms. The maximum atomic E-state index is 12.0. The number of aromatic nitrogens is 2. The molecule has 1 unspecified atom stereocenters. The van der Waals surface area contributed by atoms with E-state index in [2.05, 4.69) is 4.98 Å². The van der Waals surface area contributed by atoms with Crippen LogP contribution in [0.4, 0.5) is 5.82 Å². The monoisotopic (exact) mass is 351 g/mol. The number of thioether (sulfide) groups is 1. The zero-order valence-electron chi connectivity index (χ0n) is 10.8. The number of nitrogens with zero attached hydrogens (tertiary/aromatic N) is 3. The molecule has 1 fully saturated rings. The van der Waals surface area contributed by atoms with E-state index in [1.54, 1.807) is 11.8 Å². The third kappa shape index (κ3) is 2.43. The summed E-state index contributed by atoms with van der Waals surface area (Å²) in [7, 11) is -3.15. The van der Waals surface area contributed by atoms with E-state index in [0.717, 1.165) is 16.4 Å². The number of halogens is 1. The molecule has 1 atom stereocenters. The SMILES string of the molecule is CS(=O)(=O)C1CSCCN1c1nc2sccn2c1CCl. The van der Waals surface area contributed by atoms with Gasteiger partial charge < -0.3 is 4.90 Å². The number of hydrogen-bond acceptors (Lipinski definition) is 6. The molecule has 0 saturated carbocycles. The number of alkyl halides is 1. The van der Waals surface area contributed by atoms with Gasteiger partial charge in [0.1, 0.15) is 5.37 Å². The first-order valence-corrected chi connectivity index (χ1v) is 10.6. The fourth-order valence-electron chi connectivity index (χ4n) is 2.35. The van der Waals surface area contributed by atoms with Gasteiger partial charge in [0, 0.05) is 35.9 Å². The second-order valence-electron chi connectivity index (χ2n) is 4.62. The van der Waals surface area contributed by atoms with Gasteiger partial charge >= 0.3 is 0 Å². The Morgan fingerprint density at radius 2 is 2.35 bits per heavy atom. The number of anilines is 1. The molecule has 9 heteroatoms. The summed E-state index contributed by atoms with van der Waals surface area (Å²) in [5.74, 6) is 2.50. The number of imidazole rings is 1. The van der Waals surface area contributed by atoms with Crippen molar-refractivity contribution in [3.8, 4) is 0 Å². The van der Waals surface area contributed by atoms with Gasteiger partial charge in [0.25, 0.3) is 0 Å². The Morgan fingerprint density at radius 3 is 3.05 bits per heavy atom. The van der Waals surface area contributed by atoms with Crippen molar-refractivity contribution in [1.29, 1.82) is 0 Å². The van der Waals surface area contributed by atoms with E-state index in [4.69, 9.17) is 11.6 Å². The largest absolute Gasteiger partial charge is 0.337 e. The molecule has 2 aromatic heterocycles. The maximum Gasteiger partial charge on any atom is 0.195 e. The van der Waals surface area contributed by atoms with Gasteiger partial charge in [-0.3, -0.25) is 4.40 Å². The summed E-state index contributed by atoms with van der Waals surface area (Å²) < 4.78 is 25.9. The lowest BCUT2D eigenvalue weighted by Crippen LogP contribution is -2.47. The van der Waals surface area contributed by atoms with Crippen molar-refractivity contribution in [1.82, 2.24) is 9.38 Å². The first-order chi connectivity index (χ1) is 9.52. The summed E-state index contributed by atoms with van der Waals surface area (Å²) in [6.45, 7) is 0.678. The Bertz CT molecular complexity index is 724. The molecule has 2 aromatic rings. The van der Waals surface area contributed by atoms with Crippen LogP contribution in [0.5, 0.6) is 0 Å². The second kappa shape index (κ2) is 5.40. The van der Waals surface area contributed by atoms with E-state index in [9.17, 15) is 8.42 Å². The van der Waals surface area contributed by atoms with E-state index < -0.39 is 15.2 Å². The molecule has 0 radical (unpaired) electrons. The van der Waals surface area contributed by atoms with Crippen molar-refractivity contribution < 1.29 is 8.42 Å². The van der Waals surface area contributed by atoms with E-state index in [1.807, 2.05) is 20.9 Å². The van der Waals surface area contributed by atoms with Gasteiger partial charge in [0.15, 0.2) is 20.6 Å². The summed E-state index contributed by atoms with van der Waals surface area (Å²) in [4.78, 5) is 7.32. The first-order valence-electron chi connectivity index (χ1n) is 6.06. The van der Waals surface area contributed by atoms with Crippen LogP contribution >= 0.6 is 34.7 Å². The lowest BCUT2D eigenvalue weighted by Gasteiger charge is -2.34. The van der Waals surface area contributed by atoms with Crippen molar-refractivity contribution in [3.05, 3.63) is 17.3 Å². The quantitative estimate of drug-likeness (QED) is 0.792. The smallest absolute Gasteiger partial charge is 0.195 e. The number of thiazole rings is 1. The summed E-state index contributed by atoms with van der Waals surface area (Å²) >= 11 is 9.24. The third-order valence-electron chi connectivity index (χ3n) is 3.32. The molecular formula is C11H14ClN3O2S3. The number of hydrogen-bond donors (Lipinski definition) is 0. The molecule has 20 heavy (non-hydrogen) atoms. The number of rotatable bonds is 3. The minimum Gasteiger partial charge on any atom is -0.337 e. The van der Waals surface area contributed by atoms with Crippen LogP contribution in [0.1, 0.15) is 5.69 Å². The van der Waals surface area contributed by atoms with Crippen LogP contribution in [0.3, 0.4) is 0 Å². The third-order valence-corrected chi connectivity index (χ3v) is 6.97. The normalized spacial score (nSPS) is 20.7. The van der Waals surface area contributed by atoms with Gasteiger partial charge in [0.2, 0.25) is 0 Å². The Balaban J connectivity index is 2.10. The van der Waals surface area contributed by atoms with Crippen LogP contribution in [0.15, 0.2) is 11.6 Å². The molecule has 1 aliphatic heterocycles. The molecule has 1 aliphatic rings. The highest BCUT2D eigenvalue weighted by Crippen LogP contribution is 2.31. The summed E-state index contributed by atoms with van der Waals surface area (Å²) in [5.41, 5.74) is 0.864. The van der Waals surface area contributed by atoms with Crippen LogP contribution in [0, 0.1) is 0 Å². The predicted octanol–water partition coefficient (Wildman–Crippen LogP) is 2.06. The van der Waals surface area contributed by atoms with Crippen LogP contribution < -0.4 is 4.90 Å². The molecule has 0 aliphatic carbocycles. The molecule has 0 amide bonds. The van der Waals surface area contributed by atoms with Crippen molar-refractivity contribution in [2.45, 2.75) is 11.3 Å². The van der Waals surface area contributed by atoms with Crippen LogP contribution in [-0.4, -0.2) is 47.5 Å². The Kier molecular flexibility index (Phi) is 3.91. The first kappa shape index (κ1) is 14.5. The predicted molar refractivity (Wildman–Crippen MR) is 85.9 cm³/mol. The summed E-state index contributed by atoms with van der Waals surface area (Å²) in [5, 5.41) is 1.43. The van der Waals surface area contributed by atoms with Gasteiger partial charge in [-0.15, -0.1) is 22.9 Å². The molecule has 0 N–H and O–H groups in total. The van der Waals surface area contributed by atoms with Crippen molar-refractivity contribution in [2.75, 3.05) is 29.2 Å². The molecule has 0 aromatic carbocycles. The minimum absolute atomic E-state index is 0.313. The van der Waals surface area contributed by atoms with Crippen molar-refractivity contribution in [2.24, 2.45) is 0 Å². The van der Waals surface area contributed by atoms with E-state index >= 15 is 0 Å². The zero-order valence-corrected chi connectivity index (χ0v) is 14.0. The highest BCUT2D eigenvalue weighted by atomic mass is 35.5. The standard InChI is InChI=1S/C11H14ClN3O2S3/c1-20(16,17)9-7-18-4-2-15(9)10-8(6-12)14-3-5-19-11(14)13-10/h3,5,9H,2,4,6-7H2,1H3. The molecule has 3 rings (SSSR count). The van der Waals surface area contributed by atoms with E-state index in [1.165, 1.54) is 17.6 Å². The summed E-state index contributed by atoms with van der Waals surface area (Å²) in [6.07, 6.45) is 3.21. The highest BCUT2D eigenvalue weighted by molar-refractivity contribution is 8.01. The Morgan fingerprint density at radius 1 is 1.55 bits per heavy atom. The molecule has 3 heterocycles. The van der Waals surface area contributed by atoms with Gasteiger partial charge in [-0.05, 0) is 0 Å². The number of fused-ring (bicyclic) bond motifs is 1. The zero-order chi connectivity index (χ0) is 14.3. The molecule has 5 nitrogen and oxygen atoms in total. The maximum absolute atomic E-state index is 12.0.